The summed E-state index contributed by atoms with van der Waals surface area (Å²) in [6.07, 6.45) is 3.82. The number of ether oxygens (including phenoxy) is 1. The molecule has 2 N–H and O–H groups in total. The Kier molecular flexibility index (Phi) is 5.02. The zero-order valence-corrected chi connectivity index (χ0v) is 11.3. The molecule has 0 bridgehead atoms. The average molecular weight is 248 g/mol. The maximum absolute atomic E-state index is 5.66. The van der Waals surface area contributed by atoms with Crippen molar-refractivity contribution >= 4 is 0 Å². The van der Waals surface area contributed by atoms with Gasteiger partial charge in [-0.3, -0.25) is 4.90 Å². The number of likely N-dealkylation sites (tertiary alicyclic amines) is 1. The average Bonchev–Trinajstić information content (AvgIpc) is 2.40. The molecule has 3 heteroatoms. The van der Waals surface area contributed by atoms with Crippen LogP contribution in [0.2, 0.25) is 0 Å². The topological polar surface area (TPSA) is 38.5 Å². The molecular weight excluding hydrogens is 224 g/mol. The van der Waals surface area contributed by atoms with Gasteiger partial charge in [-0.1, -0.05) is 12.1 Å². The third-order valence-corrected chi connectivity index (χ3v) is 3.74. The maximum atomic E-state index is 5.66. The van der Waals surface area contributed by atoms with Crippen LogP contribution in [0.1, 0.15) is 24.8 Å². The van der Waals surface area contributed by atoms with E-state index >= 15 is 0 Å². The number of benzene rings is 1. The molecule has 100 valence electrons. The first kappa shape index (κ1) is 13.4. The highest BCUT2D eigenvalue weighted by atomic mass is 16.5. The zero-order valence-electron chi connectivity index (χ0n) is 11.3. The Morgan fingerprint density at radius 2 is 2.11 bits per heavy atom. The molecule has 1 unspecified atom stereocenters. The molecule has 1 fully saturated rings. The molecular formula is C15H24N2O. The van der Waals surface area contributed by atoms with Crippen molar-refractivity contribution in [2.45, 2.75) is 25.8 Å². The van der Waals surface area contributed by atoms with Crippen molar-refractivity contribution in [3.63, 3.8) is 0 Å². The first-order valence-corrected chi connectivity index (χ1v) is 6.87. The Balaban J connectivity index is 1.87. The third kappa shape index (κ3) is 3.72. The molecule has 0 aliphatic carbocycles. The van der Waals surface area contributed by atoms with Gasteiger partial charge in [-0.2, -0.15) is 0 Å². The summed E-state index contributed by atoms with van der Waals surface area (Å²) in [5.41, 5.74) is 7.02. The fraction of sp³-hybridized carbons (Fsp3) is 0.600. The van der Waals surface area contributed by atoms with Crippen molar-refractivity contribution < 1.29 is 4.74 Å². The largest absolute Gasteiger partial charge is 0.497 e. The lowest BCUT2D eigenvalue weighted by atomic mass is 9.94. The van der Waals surface area contributed by atoms with Gasteiger partial charge in [0.05, 0.1) is 7.11 Å². The molecule has 0 spiro atoms. The van der Waals surface area contributed by atoms with Gasteiger partial charge in [0.25, 0.3) is 0 Å². The van der Waals surface area contributed by atoms with Crippen molar-refractivity contribution in [2.75, 3.05) is 26.7 Å². The van der Waals surface area contributed by atoms with E-state index in [1.807, 2.05) is 12.1 Å². The van der Waals surface area contributed by atoms with E-state index in [9.17, 15) is 0 Å². The molecule has 1 aliphatic rings. The first-order valence-electron chi connectivity index (χ1n) is 6.87. The lowest BCUT2D eigenvalue weighted by Crippen LogP contribution is -2.35. The van der Waals surface area contributed by atoms with E-state index < -0.39 is 0 Å². The molecule has 0 radical (unpaired) electrons. The number of rotatable bonds is 5. The molecule has 1 aliphatic heterocycles. The Labute approximate surface area is 110 Å². The second kappa shape index (κ2) is 6.76. The van der Waals surface area contributed by atoms with E-state index in [2.05, 4.69) is 17.0 Å². The van der Waals surface area contributed by atoms with Gasteiger partial charge in [-0.25, -0.2) is 0 Å². The van der Waals surface area contributed by atoms with E-state index in [0.717, 1.165) is 24.8 Å². The summed E-state index contributed by atoms with van der Waals surface area (Å²) >= 11 is 0. The predicted molar refractivity (Wildman–Crippen MR) is 74.7 cm³/mol. The van der Waals surface area contributed by atoms with Crippen LogP contribution in [-0.4, -0.2) is 31.6 Å². The normalized spacial score (nSPS) is 20.9. The van der Waals surface area contributed by atoms with Crippen LogP contribution < -0.4 is 10.5 Å². The van der Waals surface area contributed by atoms with Crippen LogP contribution in [0.15, 0.2) is 24.3 Å². The number of piperidine rings is 1. The molecule has 1 heterocycles. The minimum atomic E-state index is 0.794. The Hall–Kier alpha value is -1.06. The maximum Gasteiger partial charge on any atom is 0.118 e. The summed E-state index contributed by atoms with van der Waals surface area (Å²) < 4.78 is 5.18. The fourth-order valence-electron chi connectivity index (χ4n) is 2.76. The number of nitrogens with zero attached hydrogens (tertiary/aromatic N) is 1. The van der Waals surface area contributed by atoms with Crippen LogP contribution in [0.25, 0.3) is 0 Å². The van der Waals surface area contributed by atoms with E-state index in [0.29, 0.717) is 0 Å². The van der Waals surface area contributed by atoms with Crippen molar-refractivity contribution in [1.29, 1.82) is 0 Å². The van der Waals surface area contributed by atoms with Crippen molar-refractivity contribution in [2.24, 2.45) is 11.7 Å². The Morgan fingerprint density at radius 3 is 2.78 bits per heavy atom. The number of nitrogens with two attached hydrogens (primary N) is 1. The molecule has 0 saturated carbocycles. The van der Waals surface area contributed by atoms with Gasteiger partial charge in [-0.15, -0.1) is 0 Å². The summed E-state index contributed by atoms with van der Waals surface area (Å²) in [7, 11) is 1.71. The number of hydrogen-bond donors (Lipinski definition) is 1. The summed E-state index contributed by atoms with van der Waals surface area (Å²) in [5, 5.41) is 0. The van der Waals surface area contributed by atoms with Crippen molar-refractivity contribution in [1.82, 2.24) is 4.90 Å². The molecule has 0 aromatic heterocycles. The van der Waals surface area contributed by atoms with E-state index in [-0.39, 0.29) is 0 Å². The minimum Gasteiger partial charge on any atom is -0.497 e. The Bertz CT molecular complexity index is 348. The second-order valence-electron chi connectivity index (χ2n) is 5.17. The monoisotopic (exact) mass is 248 g/mol. The molecule has 1 aromatic rings. The van der Waals surface area contributed by atoms with Crippen LogP contribution in [0.3, 0.4) is 0 Å². The molecule has 1 atom stereocenters. The van der Waals surface area contributed by atoms with E-state index in [1.165, 1.54) is 37.9 Å². The molecule has 3 nitrogen and oxygen atoms in total. The highest BCUT2D eigenvalue weighted by Gasteiger charge is 2.19. The second-order valence-corrected chi connectivity index (χ2v) is 5.17. The summed E-state index contributed by atoms with van der Waals surface area (Å²) in [6.45, 7) is 4.28. The van der Waals surface area contributed by atoms with Gasteiger partial charge in [0, 0.05) is 13.1 Å². The minimum absolute atomic E-state index is 0.794. The predicted octanol–water partition coefficient (Wildman–Crippen LogP) is 2.26. The van der Waals surface area contributed by atoms with Crippen LogP contribution in [0.4, 0.5) is 0 Å². The van der Waals surface area contributed by atoms with Crippen LogP contribution in [-0.2, 0) is 6.54 Å². The van der Waals surface area contributed by atoms with E-state index in [1.54, 1.807) is 7.11 Å². The SMILES string of the molecule is COc1ccc(CN2CCCC(CCN)C2)cc1. The lowest BCUT2D eigenvalue weighted by molar-refractivity contribution is 0.163. The van der Waals surface area contributed by atoms with Crippen LogP contribution >= 0.6 is 0 Å². The van der Waals surface area contributed by atoms with Gasteiger partial charge < -0.3 is 10.5 Å². The first-order chi connectivity index (χ1) is 8.81. The van der Waals surface area contributed by atoms with Crippen molar-refractivity contribution in [3.05, 3.63) is 29.8 Å². The van der Waals surface area contributed by atoms with Gasteiger partial charge in [0.15, 0.2) is 0 Å². The van der Waals surface area contributed by atoms with Crippen molar-refractivity contribution in [3.8, 4) is 5.75 Å². The van der Waals surface area contributed by atoms with Gasteiger partial charge in [0.1, 0.15) is 5.75 Å². The number of hydrogen-bond acceptors (Lipinski definition) is 3. The van der Waals surface area contributed by atoms with Gasteiger partial charge in [-0.05, 0) is 56.0 Å². The quantitative estimate of drug-likeness (QED) is 0.868. The van der Waals surface area contributed by atoms with Crippen LogP contribution in [0.5, 0.6) is 5.75 Å². The fourth-order valence-corrected chi connectivity index (χ4v) is 2.76. The highest BCUT2D eigenvalue weighted by Crippen LogP contribution is 2.21. The molecule has 0 amide bonds. The molecule has 18 heavy (non-hydrogen) atoms. The molecule has 1 saturated heterocycles. The smallest absolute Gasteiger partial charge is 0.118 e. The molecule has 1 aromatic carbocycles. The van der Waals surface area contributed by atoms with Gasteiger partial charge in [0.2, 0.25) is 0 Å². The lowest BCUT2D eigenvalue weighted by Gasteiger charge is -2.32. The third-order valence-electron chi connectivity index (χ3n) is 3.74. The van der Waals surface area contributed by atoms with Gasteiger partial charge >= 0.3 is 0 Å². The highest BCUT2D eigenvalue weighted by molar-refractivity contribution is 5.27. The zero-order chi connectivity index (χ0) is 12.8. The Morgan fingerprint density at radius 1 is 1.33 bits per heavy atom. The standard InChI is InChI=1S/C15H24N2O/c1-18-15-6-4-14(5-7-15)12-17-10-2-3-13(11-17)8-9-16/h4-7,13H,2-3,8-12,16H2,1H3. The summed E-state index contributed by atoms with van der Waals surface area (Å²) in [4.78, 5) is 2.55. The number of methoxy groups -OCH3 is 1. The van der Waals surface area contributed by atoms with Crippen LogP contribution in [0, 0.1) is 5.92 Å². The summed E-state index contributed by atoms with van der Waals surface area (Å²) in [5.74, 6) is 1.72. The summed E-state index contributed by atoms with van der Waals surface area (Å²) in [6, 6.07) is 8.39. The van der Waals surface area contributed by atoms with E-state index in [4.69, 9.17) is 10.5 Å². The molecule has 2 rings (SSSR count).